The van der Waals surface area contributed by atoms with E-state index in [1.54, 1.807) is 0 Å². The molecular formula is C13H27N2OP. The SMILES string of the molecule is CCCOP(CCCC#N)N(C(C)C)C(C)C. The quantitative estimate of drug-likeness (QED) is 0.460. The molecule has 0 N–H and O–H groups in total. The molecule has 4 heteroatoms. The Morgan fingerprint density at radius 2 is 1.82 bits per heavy atom. The molecule has 0 saturated heterocycles. The molecule has 100 valence electrons. The second-order valence-corrected chi connectivity index (χ2v) is 6.61. The van der Waals surface area contributed by atoms with Crippen LogP contribution in [-0.2, 0) is 4.52 Å². The molecule has 0 aromatic rings. The van der Waals surface area contributed by atoms with Crippen LogP contribution in [0.1, 0.15) is 53.9 Å². The van der Waals surface area contributed by atoms with E-state index in [-0.39, 0.29) is 0 Å². The van der Waals surface area contributed by atoms with Gasteiger partial charge in [-0.1, -0.05) is 6.92 Å². The number of nitrogens with zero attached hydrogens (tertiary/aromatic N) is 2. The molecule has 0 saturated carbocycles. The summed E-state index contributed by atoms with van der Waals surface area (Å²) in [4.78, 5) is 0. The topological polar surface area (TPSA) is 36.3 Å². The van der Waals surface area contributed by atoms with E-state index in [0.717, 1.165) is 25.6 Å². The first-order valence-corrected chi connectivity index (χ1v) is 8.00. The van der Waals surface area contributed by atoms with Crippen molar-refractivity contribution in [3.05, 3.63) is 0 Å². The van der Waals surface area contributed by atoms with E-state index in [0.29, 0.717) is 18.5 Å². The molecule has 0 heterocycles. The summed E-state index contributed by atoms with van der Waals surface area (Å²) >= 11 is 0. The van der Waals surface area contributed by atoms with Crippen LogP contribution in [-0.4, -0.2) is 29.5 Å². The Hall–Kier alpha value is -0.160. The number of nitriles is 1. The Bertz CT molecular complexity index is 218. The minimum atomic E-state index is -0.538. The lowest BCUT2D eigenvalue weighted by molar-refractivity contribution is 0.253. The lowest BCUT2D eigenvalue weighted by atomic mass is 10.3. The molecule has 0 radical (unpaired) electrons. The van der Waals surface area contributed by atoms with Gasteiger partial charge in [0.15, 0.2) is 0 Å². The van der Waals surface area contributed by atoms with Gasteiger partial charge in [-0.15, -0.1) is 0 Å². The van der Waals surface area contributed by atoms with Crippen molar-refractivity contribution < 1.29 is 4.52 Å². The zero-order valence-electron chi connectivity index (χ0n) is 11.9. The summed E-state index contributed by atoms with van der Waals surface area (Å²) in [7, 11) is -0.538. The van der Waals surface area contributed by atoms with E-state index in [2.05, 4.69) is 45.4 Å². The van der Waals surface area contributed by atoms with Crippen LogP contribution in [0.15, 0.2) is 0 Å². The van der Waals surface area contributed by atoms with Gasteiger partial charge < -0.3 is 4.52 Å². The van der Waals surface area contributed by atoms with Gasteiger partial charge in [0, 0.05) is 24.7 Å². The van der Waals surface area contributed by atoms with Crippen LogP contribution in [0.4, 0.5) is 0 Å². The molecule has 0 spiro atoms. The fourth-order valence-electron chi connectivity index (χ4n) is 1.85. The first kappa shape index (κ1) is 16.8. The average molecular weight is 258 g/mol. The zero-order chi connectivity index (χ0) is 13.3. The van der Waals surface area contributed by atoms with Crippen LogP contribution in [0, 0.1) is 11.3 Å². The van der Waals surface area contributed by atoms with Gasteiger partial charge in [-0.25, -0.2) is 0 Å². The highest BCUT2D eigenvalue weighted by Gasteiger charge is 2.24. The normalized spacial score (nSPS) is 13.4. The van der Waals surface area contributed by atoms with Crippen LogP contribution in [0.25, 0.3) is 0 Å². The van der Waals surface area contributed by atoms with Crippen LogP contribution < -0.4 is 0 Å². The third-order valence-corrected chi connectivity index (χ3v) is 5.02. The minimum absolute atomic E-state index is 0.500. The Balaban J connectivity index is 4.44. The smallest absolute Gasteiger partial charge is 0.104 e. The Morgan fingerprint density at radius 1 is 1.24 bits per heavy atom. The van der Waals surface area contributed by atoms with Crippen LogP contribution in [0.5, 0.6) is 0 Å². The van der Waals surface area contributed by atoms with Crippen molar-refractivity contribution in [2.45, 2.75) is 66.0 Å². The summed E-state index contributed by atoms with van der Waals surface area (Å²) in [6, 6.07) is 3.21. The average Bonchev–Trinajstić information content (AvgIpc) is 2.24. The summed E-state index contributed by atoms with van der Waals surface area (Å²) < 4.78 is 8.46. The summed E-state index contributed by atoms with van der Waals surface area (Å²) in [5, 5.41) is 8.61. The van der Waals surface area contributed by atoms with Gasteiger partial charge in [0.2, 0.25) is 0 Å². The number of rotatable bonds is 9. The van der Waals surface area contributed by atoms with E-state index < -0.39 is 8.30 Å². The Labute approximate surface area is 108 Å². The zero-order valence-corrected chi connectivity index (χ0v) is 12.8. The summed E-state index contributed by atoms with van der Waals surface area (Å²) in [6.07, 6.45) is 3.65. The molecule has 0 aromatic heterocycles. The lowest BCUT2D eigenvalue weighted by Crippen LogP contribution is -2.33. The molecule has 17 heavy (non-hydrogen) atoms. The van der Waals surface area contributed by atoms with Crippen molar-refractivity contribution in [3.63, 3.8) is 0 Å². The van der Waals surface area contributed by atoms with Gasteiger partial charge in [0.05, 0.1) is 12.7 Å². The number of hydrogen-bond acceptors (Lipinski definition) is 3. The van der Waals surface area contributed by atoms with E-state index in [1.807, 2.05) is 0 Å². The van der Waals surface area contributed by atoms with E-state index in [9.17, 15) is 0 Å². The lowest BCUT2D eigenvalue weighted by Gasteiger charge is -2.37. The van der Waals surface area contributed by atoms with Crippen LogP contribution >= 0.6 is 8.30 Å². The molecule has 0 bridgehead atoms. The van der Waals surface area contributed by atoms with Crippen molar-refractivity contribution >= 4 is 8.30 Å². The molecule has 0 amide bonds. The molecule has 1 unspecified atom stereocenters. The van der Waals surface area contributed by atoms with Crippen molar-refractivity contribution in [1.29, 1.82) is 5.26 Å². The maximum Gasteiger partial charge on any atom is 0.104 e. The minimum Gasteiger partial charge on any atom is -0.344 e. The third-order valence-electron chi connectivity index (χ3n) is 2.40. The van der Waals surface area contributed by atoms with Gasteiger partial charge in [-0.05, 0) is 40.5 Å². The highest BCUT2D eigenvalue weighted by atomic mass is 31.2. The summed E-state index contributed by atoms with van der Waals surface area (Å²) in [6.45, 7) is 11.8. The van der Waals surface area contributed by atoms with Gasteiger partial charge in [-0.2, -0.15) is 5.26 Å². The van der Waals surface area contributed by atoms with Gasteiger partial charge in [-0.3, -0.25) is 4.67 Å². The second-order valence-electron chi connectivity index (χ2n) is 4.74. The Morgan fingerprint density at radius 3 is 2.24 bits per heavy atom. The largest absolute Gasteiger partial charge is 0.344 e. The number of unbranched alkanes of at least 4 members (excludes halogenated alkanes) is 1. The monoisotopic (exact) mass is 258 g/mol. The van der Waals surface area contributed by atoms with Crippen molar-refractivity contribution in [3.8, 4) is 6.07 Å². The maximum atomic E-state index is 8.61. The third kappa shape index (κ3) is 6.99. The Kier molecular flexibility index (Phi) is 9.74. The highest BCUT2D eigenvalue weighted by molar-refractivity contribution is 7.50. The highest BCUT2D eigenvalue weighted by Crippen LogP contribution is 2.45. The molecule has 0 fully saturated rings. The van der Waals surface area contributed by atoms with E-state index in [1.165, 1.54) is 0 Å². The summed E-state index contributed by atoms with van der Waals surface area (Å²) in [5.74, 6) is 0. The summed E-state index contributed by atoms with van der Waals surface area (Å²) in [5.41, 5.74) is 0. The van der Waals surface area contributed by atoms with Crippen molar-refractivity contribution in [1.82, 2.24) is 4.67 Å². The van der Waals surface area contributed by atoms with Gasteiger partial charge in [0.25, 0.3) is 0 Å². The molecule has 0 rings (SSSR count). The second kappa shape index (κ2) is 9.83. The molecule has 1 atom stereocenters. The van der Waals surface area contributed by atoms with E-state index in [4.69, 9.17) is 9.79 Å². The number of hydrogen-bond donors (Lipinski definition) is 0. The van der Waals surface area contributed by atoms with Crippen LogP contribution in [0.2, 0.25) is 0 Å². The maximum absolute atomic E-state index is 8.61. The predicted octanol–water partition coefficient (Wildman–Crippen LogP) is 4.15. The van der Waals surface area contributed by atoms with Gasteiger partial charge in [0.1, 0.15) is 8.30 Å². The van der Waals surface area contributed by atoms with Crippen molar-refractivity contribution in [2.75, 3.05) is 12.8 Å². The first-order valence-electron chi connectivity index (χ1n) is 6.60. The van der Waals surface area contributed by atoms with Crippen molar-refractivity contribution in [2.24, 2.45) is 0 Å². The molecular weight excluding hydrogens is 231 g/mol. The molecule has 0 aromatic carbocycles. The fourth-order valence-corrected chi connectivity index (χ4v) is 4.19. The molecule has 0 aliphatic rings. The first-order chi connectivity index (χ1) is 8.04. The molecule has 0 aliphatic heterocycles. The van der Waals surface area contributed by atoms with Crippen LogP contribution in [0.3, 0.4) is 0 Å². The van der Waals surface area contributed by atoms with Gasteiger partial charge >= 0.3 is 0 Å². The fraction of sp³-hybridized carbons (Fsp3) is 0.923. The molecule has 3 nitrogen and oxygen atoms in total. The predicted molar refractivity (Wildman–Crippen MR) is 75.0 cm³/mol. The van der Waals surface area contributed by atoms with E-state index >= 15 is 0 Å². The molecule has 0 aliphatic carbocycles. The standard InChI is InChI=1S/C13H27N2OP/c1-6-10-16-17(11-8-7-9-14)15(12(2)3)13(4)5/h12-13H,6-8,10-11H2,1-5H3.